The molecule has 0 spiro atoms. The molecule has 0 radical (unpaired) electrons. The highest BCUT2D eigenvalue weighted by molar-refractivity contribution is 9.10. The second-order valence-electron chi connectivity index (χ2n) is 5.93. The molecule has 0 N–H and O–H groups in total. The molecule has 0 aliphatic rings. The molecule has 0 amide bonds. The fourth-order valence-corrected chi connectivity index (χ4v) is 3.62. The molecule has 0 fully saturated rings. The van der Waals surface area contributed by atoms with Crippen LogP contribution in [0.15, 0.2) is 64.0 Å². The topological polar surface area (TPSA) is 39.1 Å². The lowest BCUT2D eigenvalue weighted by molar-refractivity contribution is 0.602. The van der Waals surface area contributed by atoms with Gasteiger partial charge in [-0.2, -0.15) is 0 Å². The first-order chi connectivity index (χ1) is 11.3. The van der Waals surface area contributed by atoms with E-state index in [-0.39, 0.29) is 0 Å². The van der Waals surface area contributed by atoms with Gasteiger partial charge in [0.15, 0.2) is 9.84 Å². The largest absolute Gasteiger partial charge is 0.314 e. The summed E-state index contributed by atoms with van der Waals surface area (Å²) in [6, 6.07) is 17.4. The lowest BCUT2D eigenvalue weighted by atomic mass is 10.1. The minimum absolute atomic E-state index is 0.334. The first-order valence-electron chi connectivity index (χ1n) is 7.53. The highest BCUT2D eigenvalue weighted by atomic mass is 79.9. The highest BCUT2D eigenvalue weighted by Crippen LogP contribution is 2.29. The molecule has 3 nitrogen and oxygen atoms in total. The average molecular weight is 404 g/mol. The molecule has 0 unspecified atom stereocenters. The number of hydrogen-bond donors (Lipinski definition) is 0. The van der Waals surface area contributed by atoms with Crippen LogP contribution in [0.1, 0.15) is 11.3 Å². The van der Waals surface area contributed by atoms with E-state index in [4.69, 9.17) is 0 Å². The van der Waals surface area contributed by atoms with Crippen LogP contribution in [0.2, 0.25) is 0 Å². The Morgan fingerprint density at radius 3 is 2.17 bits per heavy atom. The first-order valence-corrected chi connectivity index (χ1v) is 10.2. The van der Waals surface area contributed by atoms with E-state index in [1.54, 1.807) is 12.1 Å². The molecular weight excluding hydrogens is 386 g/mol. The first kappa shape index (κ1) is 17.0. The lowest BCUT2D eigenvalue weighted by Crippen LogP contribution is -2.00. The third-order valence-corrected chi connectivity index (χ3v) is 6.07. The molecule has 0 saturated heterocycles. The molecular formula is C19H18BrNO2S. The van der Waals surface area contributed by atoms with Gasteiger partial charge in [-0.25, -0.2) is 8.42 Å². The Balaban J connectivity index is 2.12. The molecule has 3 aromatic rings. The van der Waals surface area contributed by atoms with Gasteiger partial charge in [0.1, 0.15) is 0 Å². The lowest BCUT2D eigenvalue weighted by Gasteiger charge is -2.14. The molecule has 24 heavy (non-hydrogen) atoms. The Labute approximate surface area is 151 Å². The van der Waals surface area contributed by atoms with Gasteiger partial charge in [0.05, 0.1) is 10.6 Å². The van der Waals surface area contributed by atoms with Crippen molar-refractivity contribution >= 4 is 25.8 Å². The molecule has 0 aliphatic carbocycles. The van der Waals surface area contributed by atoms with E-state index in [1.807, 2.05) is 18.2 Å². The predicted octanol–water partition coefficient (Wildman–Crippen LogP) is 4.93. The Hall–Kier alpha value is -1.85. The number of rotatable bonds is 3. The highest BCUT2D eigenvalue weighted by Gasteiger charge is 2.12. The number of nitrogens with zero attached hydrogens (tertiary/aromatic N) is 1. The third-order valence-electron chi connectivity index (χ3n) is 4.05. The molecule has 2 aromatic carbocycles. The van der Waals surface area contributed by atoms with Gasteiger partial charge in [0.25, 0.3) is 0 Å². The zero-order valence-electron chi connectivity index (χ0n) is 13.7. The van der Waals surface area contributed by atoms with E-state index in [1.165, 1.54) is 11.8 Å². The van der Waals surface area contributed by atoms with Crippen LogP contribution in [-0.2, 0) is 9.84 Å². The van der Waals surface area contributed by atoms with Crippen LogP contribution in [0.3, 0.4) is 0 Å². The van der Waals surface area contributed by atoms with Crippen LogP contribution >= 0.6 is 15.9 Å². The number of hydrogen-bond acceptors (Lipinski definition) is 2. The summed E-state index contributed by atoms with van der Waals surface area (Å²) in [5, 5.41) is 0. The zero-order valence-corrected chi connectivity index (χ0v) is 16.1. The van der Waals surface area contributed by atoms with Gasteiger partial charge in [0, 0.05) is 22.1 Å². The fourth-order valence-electron chi connectivity index (χ4n) is 2.75. The average Bonchev–Trinajstić information content (AvgIpc) is 2.91. The van der Waals surface area contributed by atoms with Gasteiger partial charge < -0.3 is 4.57 Å². The summed E-state index contributed by atoms with van der Waals surface area (Å²) in [4.78, 5) is 0.334. The van der Waals surface area contributed by atoms with Crippen LogP contribution < -0.4 is 0 Å². The van der Waals surface area contributed by atoms with Crippen molar-refractivity contribution in [1.82, 2.24) is 4.57 Å². The van der Waals surface area contributed by atoms with Crippen molar-refractivity contribution in [2.45, 2.75) is 18.7 Å². The van der Waals surface area contributed by atoms with Crippen molar-refractivity contribution in [1.29, 1.82) is 0 Å². The maximum absolute atomic E-state index is 11.6. The molecule has 0 aliphatic heterocycles. The Morgan fingerprint density at radius 2 is 1.58 bits per heavy atom. The standard InChI is InChI=1S/C19H18BrNO2S/c1-13-12-16(7-10-18(13)20)21-14(2)4-11-19(21)15-5-8-17(9-6-15)24(3,22)23/h4-12H,1-3H3. The van der Waals surface area contributed by atoms with E-state index >= 15 is 0 Å². The Kier molecular flexibility index (Phi) is 4.40. The summed E-state index contributed by atoms with van der Waals surface area (Å²) in [6.07, 6.45) is 1.22. The van der Waals surface area contributed by atoms with Crippen LogP contribution in [-0.4, -0.2) is 19.2 Å². The van der Waals surface area contributed by atoms with Gasteiger partial charge in [-0.1, -0.05) is 28.1 Å². The number of aromatic nitrogens is 1. The third kappa shape index (κ3) is 3.19. The van der Waals surface area contributed by atoms with Crippen molar-refractivity contribution in [3.63, 3.8) is 0 Å². The molecule has 124 valence electrons. The number of aryl methyl sites for hydroxylation is 2. The summed E-state index contributed by atoms with van der Waals surface area (Å²) in [6.45, 7) is 4.12. The van der Waals surface area contributed by atoms with Crippen LogP contribution in [0.25, 0.3) is 16.9 Å². The summed E-state index contributed by atoms with van der Waals surface area (Å²) in [5.41, 5.74) is 5.39. The SMILES string of the molecule is Cc1cc(-n2c(C)ccc2-c2ccc(S(C)(=O)=O)cc2)ccc1Br. The van der Waals surface area contributed by atoms with E-state index in [0.717, 1.165) is 27.1 Å². The minimum Gasteiger partial charge on any atom is -0.314 e. The minimum atomic E-state index is -3.18. The molecule has 5 heteroatoms. The smallest absolute Gasteiger partial charge is 0.175 e. The summed E-state index contributed by atoms with van der Waals surface area (Å²) in [7, 11) is -3.18. The molecule has 1 heterocycles. The van der Waals surface area contributed by atoms with Crippen molar-refractivity contribution in [3.8, 4) is 16.9 Å². The quantitative estimate of drug-likeness (QED) is 0.621. The van der Waals surface area contributed by atoms with E-state index in [0.29, 0.717) is 4.90 Å². The van der Waals surface area contributed by atoms with Gasteiger partial charge in [0.2, 0.25) is 0 Å². The van der Waals surface area contributed by atoms with E-state index in [2.05, 4.69) is 58.6 Å². The maximum Gasteiger partial charge on any atom is 0.175 e. The normalized spacial score (nSPS) is 11.7. The van der Waals surface area contributed by atoms with Crippen LogP contribution in [0.5, 0.6) is 0 Å². The maximum atomic E-state index is 11.6. The number of benzene rings is 2. The number of sulfone groups is 1. The molecule has 3 rings (SSSR count). The van der Waals surface area contributed by atoms with Gasteiger partial charge in [-0.3, -0.25) is 0 Å². The summed E-state index contributed by atoms with van der Waals surface area (Å²) < 4.78 is 26.5. The van der Waals surface area contributed by atoms with Crippen molar-refractivity contribution in [2.24, 2.45) is 0 Å². The predicted molar refractivity (Wildman–Crippen MR) is 101 cm³/mol. The number of halogens is 1. The van der Waals surface area contributed by atoms with E-state index < -0.39 is 9.84 Å². The Bertz CT molecular complexity index is 1000. The van der Waals surface area contributed by atoms with Crippen LogP contribution in [0, 0.1) is 13.8 Å². The van der Waals surface area contributed by atoms with Gasteiger partial charge in [-0.05, 0) is 67.4 Å². The molecule has 0 bridgehead atoms. The van der Waals surface area contributed by atoms with Crippen molar-refractivity contribution < 1.29 is 8.42 Å². The van der Waals surface area contributed by atoms with Crippen LogP contribution in [0.4, 0.5) is 0 Å². The van der Waals surface area contributed by atoms with Gasteiger partial charge >= 0.3 is 0 Å². The fraction of sp³-hybridized carbons (Fsp3) is 0.158. The molecule has 0 saturated carbocycles. The monoisotopic (exact) mass is 403 g/mol. The summed E-state index contributed by atoms with van der Waals surface area (Å²) >= 11 is 3.53. The van der Waals surface area contributed by atoms with Crippen molar-refractivity contribution in [2.75, 3.05) is 6.26 Å². The molecule has 0 atom stereocenters. The molecule has 1 aromatic heterocycles. The zero-order chi connectivity index (χ0) is 17.5. The second kappa shape index (κ2) is 6.22. The summed E-state index contributed by atoms with van der Waals surface area (Å²) in [5.74, 6) is 0. The Morgan fingerprint density at radius 1 is 0.917 bits per heavy atom. The van der Waals surface area contributed by atoms with Crippen molar-refractivity contribution in [3.05, 3.63) is 70.3 Å². The van der Waals surface area contributed by atoms with Gasteiger partial charge in [-0.15, -0.1) is 0 Å². The second-order valence-corrected chi connectivity index (χ2v) is 8.80. The van der Waals surface area contributed by atoms with E-state index in [9.17, 15) is 8.42 Å².